The van der Waals surface area contributed by atoms with Crippen molar-refractivity contribution in [3.8, 4) is 11.3 Å². The summed E-state index contributed by atoms with van der Waals surface area (Å²) < 4.78 is 7.14. The van der Waals surface area contributed by atoms with Crippen molar-refractivity contribution in [3.05, 3.63) is 106 Å². The van der Waals surface area contributed by atoms with Gasteiger partial charge in [-0.15, -0.1) is 0 Å². The lowest BCUT2D eigenvalue weighted by Gasteiger charge is -2.05. The molecule has 0 bridgehead atoms. The van der Waals surface area contributed by atoms with E-state index in [-0.39, 0.29) is 5.88 Å². The van der Waals surface area contributed by atoms with Crippen LogP contribution in [-0.4, -0.2) is 21.4 Å². The Morgan fingerprint density at radius 2 is 1.59 bits per heavy atom. The second-order valence-corrected chi connectivity index (χ2v) is 8.55. The van der Waals surface area contributed by atoms with Crippen molar-refractivity contribution >= 4 is 51.7 Å². The van der Waals surface area contributed by atoms with Crippen molar-refractivity contribution in [2.45, 2.75) is 6.54 Å². The van der Waals surface area contributed by atoms with E-state index in [0.29, 0.717) is 33.2 Å². The van der Waals surface area contributed by atoms with E-state index >= 15 is 0 Å². The number of Topliss-reactive ketones (excluding diaryl/α,β-unsaturated/α-hetero) is 1. The van der Waals surface area contributed by atoms with E-state index in [1.165, 1.54) is 0 Å². The highest BCUT2D eigenvalue weighted by molar-refractivity contribution is 6.48. The van der Waals surface area contributed by atoms with Gasteiger partial charge in [0.1, 0.15) is 5.69 Å². The van der Waals surface area contributed by atoms with Gasteiger partial charge in [-0.3, -0.25) is 14.9 Å². The lowest BCUT2D eigenvalue weighted by molar-refractivity contribution is -0.112. The number of carbonyl (C=O) groups is 2. The average molecular weight is 490 g/mol. The Balaban J connectivity index is 1.38. The number of nitrogens with zero attached hydrogens (tertiary/aromatic N) is 2. The molecule has 8 heteroatoms. The molecule has 0 fully saturated rings. The molecule has 1 N–H and O–H groups in total. The van der Waals surface area contributed by atoms with Gasteiger partial charge in [0.15, 0.2) is 0 Å². The fourth-order valence-corrected chi connectivity index (χ4v) is 3.98. The fourth-order valence-electron chi connectivity index (χ4n) is 3.73. The van der Waals surface area contributed by atoms with Crippen molar-refractivity contribution in [1.82, 2.24) is 9.72 Å². The molecule has 0 saturated heterocycles. The zero-order valence-corrected chi connectivity index (χ0v) is 19.2. The molecular formula is C26H17Cl2N3O3. The van der Waals surface area contributed by atoms with Gasteiger partial charge in [0.2, 0.25) is 5.88 Å². The molecule has 3 aromatic carbocycles. The average Bonchev–Trinajstić information content (AvgIpc) is 3.46. The number of nitrogens with one attached hydrogen (secondary N) is 1. The maximum Gasteiger partial charge on any atom is 0.299 e. The summed E-state index contributed by atoms with van der Waals surface area (Å²) in [6, 6.07) is 23.5. The smallest absolute Gasteiger partial charge is 0.299 e. The van der Waals surface area contributed by atoms with Gasteiger partial charge in [-0.1, -0.05) is 70.8 Å². The highest BCUT2D eigenvalue weighted by atomic mass is 35.5. The van der Waals surface area contributed by atoms with E-state index in [1.807, 2.05) is 53.1 Å². The zero-order chi connectivity index (χ0) is 23.7. The third kappa shape index (κ3) is 4.46. The molecule has 0 aliphatic heterocycles. The van der Waals surface area contributed by atoms with Crippen LogP contribution in [0.3, 0.4) is 0 Å². The number of amides is 1. The monoisotopic (exact) mass is 489 g/mol. The number of fused-ring (bicyclic) bond motifs is 1. The van der Waals surface area contributed by atoms with E-state index in [1.54, 1.807) is 36.5 Å². The first-order chi connectivity index (χ1) is 16.5. The van der Waals surface area contributed by atoms with Crippen molar-refractivity contribution in [3.63, 3.8) is 0 Å². The number of aromatic nitrogens is 2. The van der Waals surface area contributed by atoms with Crippen LogP contribution < -0.4 is 5.32 Å². The van der Waals surface area contributed by atoms with Gasteiger partial charge in [0, 0.05) is 45.3 Å². The first-order valence-electron chi connectivity index (χ1n) is 10.4. The predicted octanol–water partition coefficient (Wildman–Crippen LogP) is 6.47. The molecule has 0 aliphatic rings. The van der Waals surface area contributed by atoms with Crippen LogP contribution in [0.15, 0.2) is 89.6 Å². The second-order valence-electron chi connectivity index (χ2n) is 7.68. The number of halogens is 2. The number of hydrogen-bond acceptors (Lipinski definition) is 4. The highest BCUT2D eigenvalue weighted by Gasteiger charge is 2.23. The topological polar surface area (TPSA) is 77.1 Å². The second kappa shape index (κ2) is 9.17. The Kier molecular flexibility index (Phi) is 5.92. The molecule has 34 heavy (non-hydrogen) atoms. The summed E-state index contributed by atoms with van der Waals surface area (Å²) in [6.07, 6.45) is 1.70. The molecule has 0 unspecified atom stereocenters. The number of ketones is 1. The first kappa shape index (κ1) is 21.9. The Morgan fingerprint density at radius 3 is 2.32 bits per heavy atom. The van der Waals surface area contributed by atoms with E-state index in [9.17, 15) is 9.59 Å². The van der Waals surface area contributed by atoms with Crippen LogP contribution in [0.25, 0.3) is 22.2 Å². The molecule has 2 aromatic heterocycles. The Labute approximate surface area is 204 Å². The molecule has 2 heterocycles. The third-order valence-electron chi connectivity index (χ3n) is 5.39. The Hall–Kier alpha value is -3.87. The number of anilines is 1. The SMILES string of the molecule is O=C(Nc1cc(-c2ccc(Cl)cc2)no1)C(=O)c1cn(Cc2ccc(Cl)cc2)c2ccccc12. The number of carbonyl (C=O) groups excluding carboxylic acids is 2. The normalized spacial score (nSPS) is 11.0. The van der Waals surface area contributed by atoms with Crippen LogP contribution in [-0.2, 0) is 11.3 Å². The van der Waals surface area contributed by atoms with Crippen LogP contribution >= 0.6 is 23.2 Å². The van der Waals surface area contributed by atoms with Gasteiger partial charge in [0.05, 0.1) is 5.56 Å². The molecule has 1 amide bonds. The molecule has 6 nitrogen and oxygen atoms in total. The largest absolute Gasteiger partial charge is 0.342 e. The van der Waals surface area contributed by atoms with Crippen LogP contribution in [0.5, 0.6) is 0 Å². The maximum atomic E-state index is 13.1. The summed E-state index contributed by atoms with van der Waals surface area (Å²) in [4.78, 5) is 25.8. The number of rotatable bonds is 6. The highest BCUT2D eigenvalue weighted by Crippen LogP contribution is 2.26. The summed E-state index contributed by atoms with van der Waals surface area (Å²) in [7, 11) is 0. The van der Waals surface area contributed by atoms with E-state index in [0.717, 1.165) is 16.6 Å². The molecule has 0 atom stereocenters. The van der Waals surface area contributed by atoms with Crippen molar-refractivity contribution in [2.75, 3.05) is 5.32 Å². The van der Waals surface area contributed by atoms with Crippen LogP contribution in [0, 0.1) is 0 Å². The van der Waals surface area contributed by atoms with Gasteiger partial charge in [-0.2, -0.15) is 0 Å². The molecule has 0 spiro atoms. The minimum atomic E-state index is -0.812. The van der Waals surface area contributed by atoms with Crippen molar-refractivity contribution < 1.29 is 14.1 Å². The summed E-state index contributed by atoms with van der Waals surface area (Å²) >= 11 is 11.9. The zero-order valence-electron chi connectivity index (χ0n) is 17.7. The molecule has 5 aromatic rings. The first-order valence-corrected chi connectivity index (χ1v) is 11.1. The maximum absolute atomic E-state index is 13.1. The molecule has 0 radical (unpaired) electrons. The fraction of sp³-hybridized carbons (Fsp3) is 0.0385. The summed E-state index contributed by atoms with van der Waals surface area (Å²) in [5, 5.41) is 8.40. The molecule has 0 aliphatic carbocycles. The van der Waals surface area contributed by atoms with Gasteiger partial charge >= 0.3 is 0 Å². The summed E-state index contributed by atoms with van der Waals surface area (Å²) in [5.41, 5.74) is 3.45. The molecule has 0 saturated carbocycles. The van der Waals surface area contributed by atoms with Crippen molar-refractivity contribution in [1.29, 1.82) is 0 Å². The summed E-state index contributed by atoms with van der Waals surface area (Å²) in [6.45, 7) is 0.527. The van der Waals surface area contributed by atoms with Gasteiger partial charge in [-0.25, -0.2) is 0 Å². The molecule has 5 rings (SSSR count). The lowest BCUT2D eigenvalue weighted by atomic mass is 10.1. The molecule has 168 valence electrons. The van der Waals surface area contributed by atoms with Gasteiger partial charge in [-0.05, 0) is 35.9 Å². The van der Waals surface area contributed by atoms with Crippen LogP contribution in [0.2, 0.25) is 10.0 Å². The van der Waals surface area contributed by atoms with Gasteiger partial charge < -0.3 is 9.09 Å². The van der Waals surface area contributed by atoms with E-state index < -0.39 is 11.7 Å². The summed E-state index contributed by atoms with van der Waals surface area (Å²) in [5.74, 6) is -1.41. The quantitative estimate of drug-likeness (QED) is 0.219. The lowest BCUT2D eigenvalue weighted by Crippen LogP contribution is -2.22. The predicted molar refractivity (Wildman–Crippen MR) is 132 cm³/mol. The Morgan fingerprint density at radius 1 is 0.912 bits per heavy atom. The van der Waals surface area contributed by atoms with E-state index in [4.69, 9.17) is 27.7 Å². The molecular weight excluding hydrogens is 473 g/mol. The van der Waals surface area contributed by atoms with Crippen molar-refractivity contribution in [2.24, 2.45) is 0 Å². The number of benzene rings is 3. The minimum Gasteiger partial charge on any atom is -0.342 e. The van der Waals surface area contributed by atoms with Crippen LogP contribution in [0.4, 0.5) is 5.88 Å². The van der Waals surface area contributed by atoms with E-state index in [2.05, 4.69) is 10.5 Å². The van der Waals surface area contributed by atoms with Crippen LogP contribution in [0.1, 0.15) is 15.9 Å². The Bertz CT molecular complexity index is 1500. The van der Waals surface area contributed by atoms with Gasteiger partial charge in [0.25, 0.3) is 11.7 Å². The third-order valence-corrected chi connectivity index (χ3v) is 5.90. The standard InChI is InChI=1S/C26H17Cl2N3O3/c27-18-9-5-16(6-10-18)14-31-15-21(20-3-1-2-4-23(20)31)25(32)26(33)29-24-13-22(30-34-24)17-7-11-19(28)12-8-17/h1-13,15H,14H2,(H,29,33). The minimum absolute atomic E-state index is 0.0770. The number of para-hydroxylation sites is 1. The number of hydrogen-bond donors (Lipinski definition) is 1.